The number of nitrogen functional groups attached to an aromatic ring is 2. The van der Waals surface area contributed by atoms with Crippen LogP contribution in [0.1, 0.15) is 29.7 Å². The number of aliphatic imine (C=N–C) groups is 1. The molecule has 0 radical (unpaired) electrons. The fraction of sp³-hybridized carbons (Fsp3) is 0.111. The summed E-state index contributed by atoms with van der Waals surface area (Å²) in [5.41, 5.74) is 23.3. The molecule has 0 spiro atoms. The van der Waals surface area contributed by atoms with Crippen molar-refractivity contribution in [2.75, 3.05) is 16.8 Å². The van der Waals surface area contributed by atoms with Gasteiger partial charge in [0.15, 0.2) is 5.65 Å². The first-order chi connectivity index (χ1) is 18.3. The van der Waals surface area contributed by atoms with Crippen molar-refractivity contribution in [1.29, 1.82) is 0 Å². The van der Waals surface area contributed by atoms with Crippen molar-refractivity contribution in [3.8, 4) is 11.1 Å². The Morgan fingerprint density at radius 1 is 1.05 bits per heavy atom. The molecule has 192 valence electrons. The van der Waals surface area contributed by atoms with E-state index >= 15 is 0 Å². The molecule has 1 atom stereocenters. The Balaban J connectivity index is 1.35. The summed E-state index contributed by atoms with van der Waals surface area (Å²) in [5.74, 6) is 0.920. The summed E-state index contributed by atoms with van der Waals surface area (Å²) < 4.78 is 13.3. The minimum Gasteiger partial charge on any atom is -0.397 e. The number of fused-ring (bicyclic) bond motifs is 1. The Kier molecular flexibility index (Phi) is 6.80. The van der Waals surface area contributed by atoms with Crippen molar-refractivity contribution < 1.29 is 4.39 Å². The van der Waals surface area contributed by atoms with Gasteiger partial charge in [0, 0.05) is 23.3 Å². The number of benzene rings is 2. The predicted octanol–water partition coefficient (Wildman–Crippen LogP) is 5.06. The summed E-state index contributed by atoms with van der Waals surface area (Å²) >= 11 is 6.63. The molecular weight excluding hydrogens is 505 g/mol. The molecule has 0 aliphatic rings. The number of hydrogen-bond donors (Lipinski definition) is 5. The van der Waals surface area contributed by atoms with Gasteiger partial charge in [0.25, 0.3) is 0 Å². The topological polar surface area (TPSA) is 157 Å². The number of aromatic nitrogens is 4. The van der Waals surface area contributed by atoms with E-state index in [0.717, 1.165) is 27.6 Å². The fourth-order valence-electron chi connectivity index (χ4n) is 4.04. The highest BCUT2D eigenvalue weighted by Crippen LogP contribution is 2.29. The van der Waals surface area contributed by atoms with Gasteiger partial charge >= 0.3 is 0 Å². The lowest BCUT2D eigenvalue weighted by Crippen LogP contribution is -2.18. The smallest absolute Gasteiger partial charge is 0.183 e. The van der Waals surface area contributed by atoms with Crippen LogP contribution in [0.4, 0.5) is 21.7 Å². The summed E-state index contributed by atoms with van der Waals surface area (Å²) in [6.07, 6.45) is 3.27. The van der Waals surface area contributed by atoms with Crippen LogP contribution in [-0.2, 0) is 6.54 Å². The number of halogens is 2. The largest absolute Gasteiger partial charge is 0.397 e. The maximum absolute atomic E-state index is 13.3. The van der Waals surface area contributed by atoms with Gasteiger partial charge in [-0.15, -0.1) is 0 Å². The first-order valence-electron chi connectivity index (χ1n) is 11.8. The number of aromatic amines is 1. The van der Waals surface area contributed by atoms with Gasteiger partial charge in [-0.2, -0.15) is 5.10 Å². The zero-order valence-electron chi connectivity index (χ0n) is 20.4. The number of pyridine rings is 2. The summed E-state index contributed by atoms with van der Waals surface area (Å²) in [6.45, 7) is 2.26. The zero-order valence-corrected chi connectivity index (χ0v) is 21.2. The van der Waals surface area contributed by atoms with E-state index in [1.54, 1.807) is 24.4 Å². The van der Waals surface area contributed by atoms with Crippen LogP contribution in [0, 0.1) is 5.82 Å². The first-order valence-corrected chi connectivity index (χ1v) is 12.1. The van der Waals surface area contributed by atoms with Crippen molar-refractivity contribution >= 4 is 45.8 Å². The third-order valence-corrected chi connectivity index (χ3v) is 6.49. The van der Waals surface area contributed by atoms with Gasteiger partial charge in [-0.1, -0.05) is 35.9 Å². The summed E-state index contributed by atoms with van der Waals surface area (Å²) in [7, 11) is 0. The van der Waals surface area contributed by atoms with Gasteiger partial charge in [0.05, 0.1) is 28.9 Å². The number of anilines is 3. The molecule has 0 saturated carbocycles. The lowest BCUT2D eigenvalue weighted by Gasteiger charge is -2.14. The first kappa shape index (κ1) is 25.0. The molecular formula is C27H25ClFN9. The average molecular weight is 530 g/mol. The molecule has 0 amide bonds. The zero-order chi connectivity index (χ0) is 26.8. The predicted molar refractivity (Wildman–Crippen MR) is 150 cm³/mol. The minimum atomic E-state index is -0.309. The molecule has 2 aromatic carbocycles. The number of nitrogens with two attached hydrogens (primary N) is 3. The van der Waals surface area contributed by atoms with Crippen molar-refractivity contribution in [3.05, 3.63) is 94.5 Å². The van der Waals surface area contributed by atoms with Crippen LogP contribution in [0.5, 0.6) is 0 Å². The van der Waals surface area contributed by atoms with E-state index in [4.69, 9.17) is 28.8 Å². The maximum atomic E-state index is 13.3. The molecule has 1 unspecified atom stereocenters. The highest BCUT2D eigenvalue weighted by atomic mass is 35.5. The lowest BCUT2D eigenvalue weighted by molar-refractivity contribution is 0.626. The second-order valence-electron chi connectivity index (χ2n) is 8.80. The normalized spacial score (nSPS) is 12.6. The Labute approximate surface area is 223 Å². The van der Waals surface area contributed by atoms with Crippen LogP contribution in [0.3, 0.4) is 0 Å². The summed E-state index contributed by atoms with van der Waals surface area (Å²) in [4.78, 5) is 13.3. The van der Waals surface area contributed by atoms with Crippen molar-refractivity contribution in [2.24, 2.45) is 10.7 Å². The maximum Gasteiger partial charge on any atom is 0.183 e. The molecule has 0 aliphatic carbocycles. The molecule has 9 nitrogen and oxygen atoms in total. The van der Waals surface area contributed by atoms with Gasteiger partial charge in [0.2, 0.25) is 0 Å². The van der Waals surface area contributed by atoms with Gasteiger partial charge in [-0.25, -0.2) is 14.4 Å². The van der Waals surface area contributed by atoms with Crippen LogP contribution in [0.2, 0.25) is 5.02 Å². The second kappa shape index (κ2) is 10.3. The molecule has 38 heavy (non-hydrogen) atoms. The van der Waals surface area contributed by atoms with Crippen molar-refractivity contribution in [2.45, 2.75) is 19.5 Å². The van der Waals surface area contributed by atoms with Crippen LogP contribution in [-0.4, -0.2) is 26.0 Å². The molecule has 5 rings (SSSR count). The van der Waals surface area contributed by atoms with Crippen LogP contribution in [0.25, 0.3) is 22.2 Å². The van der Waals surface area contributed by atoms with E-state index < -0.39 is 0 Å². The molecule has 8 N–H and O–H groups in total. The minimum absolute atomic E-state index is 0.256. The van der Waals surface area contributed by atoms with E-state index in [1.807, 2.05) is 31.2 Å². The number of H-pyrrole nitrogens is 1. The number of hydrogen-bond acceptors (Lipinski definition) is 7. The summed E-state index contributed by atoms with van der Waals surface area (Å²) in [5, 5.41) is 11.4. The Morgan fingerprint density at radius 2 is 1.84 bits per heavy atom. The van der Waals surface area contributed by atoms with E-state index in [1.165, 1.54) is 18.3 Å². The van der Waals surface area contributed by atoms with Gasteiger partial charge in [-0.05, 0) is 53.9 Å². The number of nitrogens with zero attached hydrogens (tertiary/aromatic N) is 4. The molecule has 3 heterocycles. The number of rotatable bonds is 7. The monoisotopic (exact) mass is 529 g/mol. The van der Waals surface area contributed by atoms with Gasteiger partial charge < -0.3 is 22.5 Å². The number of amidine groups is 1. The highest BCUT2D eigenvalue weighted by molar-refractivity contribution is 6.31. The van der Waals surface area contributed by atoms with E-state index in [-0.39, 0.29) is 17.7 Å². The van der Waals surface area contributed by atoms with Gasteiger partial charge in [0.1, 0.15) is 23.3 Å². The van der Waals surface area contributed by atoms with E-state index in [0.29, 0.717) is 40.1 Å². The molecule has 0 aliphatic heterocycles. The van der Waals surface area contributed by atoms with E-state index in [9.17, 15) is 4.39 Å². The lowest BCUT2D eigenvalue weighted by atomic mass is 10.0. The SMILES string of the molecule is CC(N=C(N)c1cc(N)cnc1NCc1ccc(-c2cnc3n[nH]c(N)c3c2)cc1Cl)c1ccc(F)cc1. The molecule has 0 bridgehead atoms. The van der Waals surface area contributed by atoms with Crippen LogP contribution < -0.4 is 22.5 Å². The third kappa shape index (κ3) is 5.21. The third-order valence-electron chi connectivity index (χ3n) is 6.14. The van der Waals surface area contributed by atoms with Crippen LogP contribution >= 0.6 is 11.6 Å². The van der Waals surface area contributed by atoms with Crippen molar-refractivity contribution in [1.82, 2.24) is 20.2 Å². The molecule has 0 fully saturated rings. The molecule has 5 aromatic rings. The fourth-order valence-corrected chi connectivity index (χ4v) is 4.28. The Bertz CT molecular complexity index is 1650. The van der Waals surface area contributed by atoms with E-state index in [2.05, 4.69) is 30.5 Å². The molecule has 0 saturated heterocycles. The quantitative estimate of drug-likeness (QED) is 0.146. The van der Waals surface area contributed by atoms with Gasteiger partial charge in [-0.3, -0.25) is 10.1 Å². The molecule has 11 heteroatoms. The average Bonchev–Trinajstić information content (AvgIpc) is 3.28. The second-order valence-corrected chi connectivity index (χ2v) is 9.21. The Morgan fingerprint density at radius 3 is 2.61 bits per heavy atom. The highest BCUT2D eigenvalue weighted by Gasteiger charge is 2.13. The Hall–Kier alpha value is -4.70. The van der Waals surface area contributed by atoms with Crippen LogP contribution in [0.15, 0.2) is 72.0 Å². The number of nitrogens with one attached hydrogen (secondary N) is 2. The summed E-state index contributed by atoms with van der Waals surface area (Å²) in [6, 6.07) is 15.2. The van der Waals surface area contributed by atoms with Crippen molar-refractivity contribution in [3.63, 3.8) is 0 Å². The molecule has 3 aromatic heterocycles. The standard InChI is InChI=1S/C27H25ClFN9/c1-14(15-4-6-19(29)7-5-15)36-24(31)22-10-20(30)13-35-26(22)33-11-17-3-2-16(9-23(17)28)18-8-21-25(32)37-38-27(21)34-12-18/h2-10,12-14H,11,30H2,1H3,(H2,31,36)(H,33,35)(H3,32,34,37,38).